The number of methoxy groups -OCH3 is 2. The molecule has 0 aromatic heterocycles. The lowest BCUT2D eigenvalue weighted by Crippen LogP contribution is -2.31. The Bertz CT molecular complexity index is 625. The van der Waals surface area contributed by atoms with Gasteiger partial charge in [0.05, 0.1) is 37.6 Å². The molecule has 0 radical (unpaired) electrons. The van der Waals surface area contributed by atoms with Crippen LogP contribution < -0.4 is 4.31 Å². The van der Waals surface area contributed by atoms with Crippen LogP contribution in [-0.2, 0) is 24.3 Å². The number of carbonyl (C=O) groups is 2. The van der Waals surface area contributed by atoms with E-state index in [1.165, 1.54) is 33.4 Å². The lowest BCUT2D eigenvalue weighted by molar-refractivity contribution is -0.140. The lowest BCUT2D eigenvalue weighted by atomic mass is 10.2. The van der Waals surface area contributed by atoms with Gasteiger partial charge >= 0.3 is 11.9 Å². The van der Waals surface area contributed by atoms with Crippen molar-refractivity contribution in [1.82, 2.24) is 0 Å². The summed E-state index contributed by atoms with van der Waals surface area (Å²) in [7, 11) is -0.0452. The first-order valence-corrected chi connectivity index (χ1v) is 7.65. The van der Waals surface area contributed by atoms with Crippen LogP contribution >= 0.6 is 0 Å². The van der Waals surface area contributed by atoms with Crippen molar-refractivity contribution >= 4 is 27.6 Å². The molecule has 21 heavy (non-hydrogen) atoms. The molecule has 0 heterocycles. The number of benzene rings is 1. The Kier molecular flexibility index (Phi) is 5.71. The summed E-state index contributed by atoms with van der Waals surface area (Å²) in [5.41, 5.74) is 0.318. The third kappa shape index (κ3) is 4.19. The van der Waals surface area contributed by atoms with Crippen molar-refractivity contribution < 1.29 is 27.5 Å². The Balaban J connectivity index is 3.05. The molecular formula is C13H17NO6S. The Hall–Kier alpha value is -2.09. The summed E-state index contributed by atoms with van der Waals surface area (Å²) >= 11 is 0. The van der Waals surface area contributed by atoms with E-state index < -0.39 is 27.7 Å². The van der Waals surface area contributed by atoms with Crippen LogP contribution in [0.4, 0.5) is 5.69 Å². The number of carbonyl (C=O) groups excluding carboxylic acids is 2. The van der Waals surface area contributed by atoms with Gasteiger partial charge in [0, 0.05) is 7.05 Å². The molecule has 7 nitrogen and oxygen atoms in total. The average Bonchev–Trinajstić information content (AvgIpc) is 2.51. The highest BCUT2D eigenvalue weighted by Gasteiger charge is 2.24. The van der Waals surface area contributed by atoms with Crippen molar-refractivity contribution in [3.8, 4) is 0 Å². The predicted molar refractivity (Wildman–Crippen MR) is 76.6 cm³/mol. The van der Waals surface area contributed by atoms with Gasteiger partial charge in [-0.2, -0.15) is 0 Å². The van der Waals surface area contributed by atoms with E-state index in [0.717, 1.165) is 4.31 Å². The molecule has 0 saturated heterocycles. The Morgan fingerprint density at radius 3 is 2.33 bits per heavy atom. The second kappa shape index (κ2) is 7.07. The van der Waals surface area contributed by atoms with Crippen LogP contribution in [0.2, 0.25) is 0 Å². The van der Waals surface area contributed by atoms with E-state index in [4.69, 9.17) is 0 Å². The summed E-state index contributed by atoms with van der Waals surface area (Å²) in [4.78, 5) is 22.7. The molecule has 0 N–H and O–H groups in total. The van der Waals surface area contributed by atoms with Crippen LogP contribution in [0, 0.1) is 0 Å². The number of hydrogen-bond acceptors (Lipinski definition) is 6. The fourth-order valence-corrected chi connectivity index (χ4v) is 2.79. The van der Waals surface area contributed by atoms with E-state index in [2.05, 4.69) is 9.47 Å². The minimum absolute atomic E-state index is 0.129. The fraction of sp³-hybridized carbons (Fsp3) is 0.385. The lowest BCUT2D eigenvalue weighted by Gasteiger charge is -2.21. The monoisotopic (exact) mass is 315 g/mol. The molecule has 0 amide bonds. The first kappa shape index (κ1) is 17.0. The zero-order chi connectivity index (χ0) is 16.0. The second-order valence-corrected chi connectivity index (χ2v) is 6.24. The van der Waals surface area contributed by atoms with E-state index in [0.29, 0.717) is 0 Å². The van der Waals surface area contributed by atoms with Gasteiger partial charge in [-0.05, 0) is 12.1 Å². The topological polar surface area (TPSA) is 90.0 Å². The predicted octanol–water partition coefficient (Wildman–Crippen LogP) is 0.802. The Morgan fingerprint density at radius 1 is 1.14 bits per heavy atom. The molecule has 0 bridgehead atoms. The van der Waals surface area contributed by atoms with Crippen LogP contribution in [0.15, 0.2) is 24.3 Å². The van der Waals surface area contributed by atoms with Crippen LogP contribution in [0.5, 0.6) is 0 Å². The number of anilines is 1. The normalized spacial score (nSPS) is 10.8. The van der Waals surface area contributed by atoms with Gasteiger partial charge in [0.2, 0.25) is 10.0 Å². The summed E-state index contributed by atoms with van der Waals surface area (Å²) in [5, 5.41) is 0. The molecule has 8 heteroatoms. The van der Waals surface area contributed by atoms with Gasteiger partial charge in [0.15, 0.2) is 0 Å². The quantitative estimate of drug-likeness (QED) is 0.721. The van der Waals surface area contributed by atoms with Gasteiger partial charge in [-0.25, -0.2) is 13.2 Å². The molecule has 116 valence electrons. The molecule has 1 aromatic carbocycles. The molecular weight excluding hydrogens is 298 g/mol. The maximum absolute atomic E-state index is 12.2. The van der Waals surface area contributed by atoms with Crippen LogP contribution in [0.1, 0.15) is 16.8 Å². The molecule has 0 unspecified atom stereocenters. The second-order valence-electron chi connectivity index (χ2n) is 4.12. The highest BCUT2D eigenvalue weighted by atomic mass is 32.2. The number of nitrogens with zero attached hydrogens (tertiary/aromatic N) is 1. The van der Waals surface area contributed by atoms with Gasteiger partial charge in [0.25, 0.3) is 0 Å². The maximum atomic E-state index is 12.2. The third-order valence-electron chi connectivity index (χ3n) is 2.86. The van der Waals surface area contributed by atoms with Gasteiger partial charge in [0.1, 0.15) is 0 Å². The van der Waals surface area contributed by atoms with E-state index in [1.807, 2.05) is 0 Å². The SMILES string of the molecule is COC(=O)CCS(=O)(=O)N(C)c1ccccc1C(=O)OC. The van der Waals surface area contributed by atoms with Gasteiger partial charge in [-0.1, -0.05) is 12.1 Å². The van der Waals surface area contributed by atoms with E-state index in [9.17, 15) is 18.0 Å². The first-order chi connectivity index (χ1) is 9.83. The molecule has 0 spiro atoms. The van der Waals surface area contributed by atoms with E-state index >= 15 is 0 Å². The molecule has 1 rings (SSSR count). The standard InChI is InChI=1S/C13H17NO6S/c1-14(21(17,18)9-8-12(15)19-2)11-7-5-4-6-10(11)13(16)20-3/h4-7H,8-9H2,1-3H3. The van der Waals surface area contributed by atoms with Crippen molar-refractivity contribution in [1.29, 1.82) is 0 Å². The van der Waals surface area contributed by atoms with Crippen LogP contribution in [0.25, 0.3) is 0 Å². The molecule has 0 fully saturated rings. The van der Waals surface area contributed by atoms with Gasteiger partial charge in [-0.15, -0.1) is 0 Å². The van der Waals surface area contributed by atoms with E-state index in [-0.39, 0.29) is 17.7 Å². The number of para-hydroxylation sites is 1. The molecule has 0 aliphatic heterocycles. The van der Waals surface area contributed by atoms with Gasteiger partial charge in [-0.3, -0.25) is 9.10 Å². The van der Waals surface area contributed by atoms with Crippen molar-refractivity contribution in [2.24, 2.45) is 0 Å². The third-order valence-corrected chi connectivity index (χ3v) is 4.61. The largest absolute Gasteiger partial charge is 0.469 e. The fourth-order valence-electron chi connectivity index (χ4n) is 1.63. The van der Waals surface area contributed by atoms with Crippen molar-refractivity contribution in [3.63, 3.8) is 0 Å². The summed E-state index contributed by atoms with van der Waals surface area (Å²) in [6.45, 7) is 0. The smallest absolute Gasteiger partial charge is 0.340 e. The molecule has 0 atom stereocenters. The Morgan fingerprint density at radius 2 is 1.76 bits per heavy atom. The molecule has 1 aromatic rings. The first-order valence-electron chi connectivity index (χ1n) is 6.04. The Labute approximate surface area is 123 Å². The van der Waals surface area contributed by atoms with Crippen molar-refractivity contribution in [2.75, 3.05) is 31.3 Å². The molecule has 0 saturated carbocycles. The van der Waals surface area contributed by atoms with Gasteiger partial charge < -0.3 is 9.47 Å². The zero-order valence-electron chi connectivity index (χ0n) is 12.0. The highest BCUT2D eigenvalue weighted by molar-refractivity contribution is 7.92. The number of esters is 2. The van der Waals surface area contributed by atoms with Crippen LogP contribution in [-0.4, -0.2) is 47.4 Å². The maximum Gasteiger partial charge on any atom is 0.340 e. The highest BCUT2D eigenvalue weighted by Crippen LogP contribution is 2.23. The molecule has 0 aliphatic carbocycles. The summed E-state index contributed by atoms with van der Waals surface area (Å²) in [6, 6.07) is 6.16. The number of hydrogen-bond donors (Lipinski definition) is 0. The minimum atomic E-state index is -3.76. The molecule has 0 aliphatic rings. The number of rotatable bonds is 6. The number of ether oxygens (including phenoxy) is 2. The van der Waals surface area contributed by atoms with Crippen molar-refractivity contribution in [2.45, 2.75) is 6.42 Å². The average molecular weight is 315 g/mol. The van der Waals surface area contributed by atoms with Crippen LogP contribution in [0.3, 0.4) is 0 Å². The summed E-state index contributed by atoms with van der Waals surface area (Å²) in [5.74, 6) is -1.67. The minimum Gasteiger partial charge on any atom is -0.469 e. The van der Waals surface area contributed by atoms with Crippen molar-refractivity contribution in [3.05, 3.63) is 29.8 Å². The zero-order valence-corrected chi connectivity index (χ0v) is 12.8. The summed E-state index contributed by atoms with van der Waals surface area (Å²) in [6.07, 6.45) is -0.260. The summed E-state index contributed by atoms with van der Waals surface area (Å²) < 4.78 is 34.4. The number of sulfonamides is 1. The van der Waals surface area contributed by atoms with E-state index in [1.54, 1.807) is 12.1 Å².